The van der Waals surface area contributed by atoms with Crippen LogP contribution in [0.15, 0.2) is 11.1 Å². The zero-order chi connectivity index (χ0) is 18.5. The van der Waals surface area contributed by atoms with Crippen molar-refractivity contribution < 1.29 is 24.2 Å². The van der Waals surface area contributed by atoms with E-state index in [2.05, 4.69) is 13.8 Å². The van der Waals surface area contributed by atoms with Crippen LogP contribution in [0.5, 0.6) is 0 Å². The van der Waals surface area contributed by atoms with Gasteiger partial charge in [0.15, 0.2) is 5.78 Å². The highest BCUT2D eigenvalue weighted by Gasteiger charge is 2.74. The molecule has 6 atom stereocenters. The Bertz CT molecular complexity index is 743. The Morgan fingerprint density at radius 1 is 1.20 bits per heavy atom. The van der Waals surface area contributed by atoms with Gasteiger partial charge in [0, 0.05) is 23.8 Å². The van der Waals surface area contributed by atoms with Crippen molar-refractivity contribution in [2.45, 2.75) is 65.1 Å². The SMILES string of the molecule is CC(=O)CC1=C2C(=O)OC3(C)CCC4C(C(C23)C(C)(O)C1=O)C4(C)C. The predicted octanol–water partition coefficient (Wildman–Crippen LogP) is 2.21. The van der Waals surface area contributed by atoms with Crippen LogP contribution in [0, 0.1) is 29.1 Å². The molecule has 1 aliphatic heterocycles. The molecule has 2 saturated carbocycles. The summed E-state index contributed by atoms with van der Waals surface area (Å²) in [5.74, 6) is -1.19. The van der Waals surface area contributed by atoms with Crippen molar-refractivity contribution in [3.8, 4) is 0 Å². The van der Waals surface area contributed by atoms with Crippen molar-refractivity contribution in [3.05, 3.63) is 11.1 Å². The van der Waals surface area contributed by atoms with Crippen molar-refractivity contribution in [1.82, 2.24) is 0 Å². The minimum Gasteiger partial charge on any atom is -0.455 e. The molecule has 0 spiro atoms. The summed E-state index contributed by atoms with van der Waals surface area (Å²) in [6.07, 6.45) is 1.54. The minimum atomic E-state index is -1.57. The largest absolute Gasteiger partial charge is 0.455 e. The highest BCUT2D eigenvalue weighted by molar-refractivity contribution is 6.13. The lowest BCUT2D eigenvalue weighted by Crippen LogP contribution is -2.56. The molecule has 1 saturated heterocycles. The number of aliphatic hydroxyl groups is 1. The van der Waals surface area contributed by atoms with Crippen molar-refractivity contribution in [3.63, 3.8) is 0 Å². The molecule has 6 unspecified atom stereocenters. The number of rotatable bonds is 2. The first-order valence-corrected chi connectivity index (χ1v) is 9.16. The van der Waals surface area contributed by atoms with Crippen molar-refractivity contribution in [1.29, 1.82) is 0 Å². The summed E-state index contributed by atoms with van der Waals surface area (Å²) in [7, 11) is 0. The first kappa shape index (κ1) is 17.0. The van der Waals surface area contributed by atoms with Crippen molar-refractivity contribution in [2.24, 2.45) is 29.1 Å². The van der Waals surface area contributed by atoms with E-state index in [1.807, 2.05) is 6.92 Å². The molecular weight excluding hydrogens is 320 g/mol. The molecule has 4 rings (SSSR count). The van der Waals surface area contributed by atoms with Gasteiger partial charge in [-0.1, -0.05) is 13.8 Å². The number of carbonyl (C=O) groups is 3. The van der Waals surface area contributed by atoms with E-state index < -0.39 is 23.0 Å². The highest BCUT2D eigenvalue weighted by Crippen LogP contribution is 2.72. The molecule has 3 fully saturated rings. The van der Waals surface area contributed by atoms with Gasteiger partial charge in [-0.05, 0) is 50.9 Å². The number of Topliss-reactive ketones (excluding diaryl/α,β-unsaturated/α-hetero) is 2. The normalized spacial score (nSPS) is 47.0. The molecule has 136 valence electrons. The first-order valence-electron chi connectivity index (χ1n) is 9.16. The molecule has 3 aliphatic carbocycles. The average molecular weight is 346 g/mol. The van der Waals surface area contributed by atoms with Crippen LogP contribution < -0.4 is 0 Å². The third kappa shape index (κ3) is 1.96. The number of hydrogen-bond donors (Lipinski definition) is 1. The fourth-order valence-corrected chi connectivity index (χ4v) is 6.22. The molecule has 1 N–H and O–H groups in total. The molecule has 0 amide bonds. The fourth-order valence-electron chi connectivity index (χ4n) is 6.22. The molecular formula is C20H26O5. The molecule has 4 aliphatic rings. The lowest BCUT2D eigenvalue weighted by molar-refractivity contribution is -0.152. The maximum atomic E-state index is 13.1. The van der Waals surface area contributed by atoms with Crippen LogP contribution in [-0.4, -0.2) is 33.8 Å². The lowest BCUT2D eigenvalue weighted by atomic mass is 9.59. The maximum Gasteiger partial charge on any atom is 0.335 e. The van der Waals surface area contributed by atoms with Gasteiger partial charge in [0.1, 0.15) is 17.0 Å². The van der Waals surface area contributed by atoms with Crippen LogP contribution in [-0.2, 0) is 19.1 Å². The molecule has 0 bridgehead atoms. The average Bonchev–Trinajstić information content (AvgIpc) is 2.95. The Labute approximate surface area is 147 Å². The van der Waals surface area contributed by atoms with Crippen LogP contribution in [0.4, 0.5) is 0 Å². The van der Waals surface area contributed by atoms with E-state index >= 15 is 0 Å². The van der Waals surface area contributed by atoms with Crippen LogP contribution >= 0.6 is 0 Å². The van der Waals surface area contributed by atoms with Gasteiger partial charge < -0.3 is 9.84 Å². The molecule has 0 radical (unpaired) electrons. The van der Waals surface area contributed by atoms with Gasteiger partial charge in [-0.25, -0.2) is 4.79 Å². The number of fused-ring (bicyclic) bond motifs is 2. The number of carbonyl (C=O) groups excluding carboxylic acids is 3. The van der Waals surface area contributed by atoms with E-state index in [-0.39, 0.29) is 40.9 Å². The number of ketones is 2. The van der Waals surface area contributed by atoms with Crippen LogP contribution in [0.3, 0.4) is 0 Å². The molecule has 25 heavy (non-hydrogen) atoms. The topological polar surface area (TPSA) is 80.7 Å². The Morgan fingerprint density at radius 3 is 2.44 bits per heavy atom. The summed E-state index contributed by atoms with van der Waals surface area (Å²) in [6.45, 7) is 9.24. The smallest absolute Gasteiger partial charge is 0.335 e. The molecule has 1 heterocycles. The Balaban J connectivity index is 1.95. The number of ether oxygens (including phenoxy) is 1. The molecule has 5 nitrogen and oxygen atoms in total. The summed E-state index contributed by atoms with van der Waals surface area (Å²) >= 11 is 0. The zero-order valence-corrected chi connectivity index (χ0v) is 15.5. The highest BCUT2D eigenvalue weighted by atomic mass is 16.6. The molecule has 0 aromatic rings. The van der Waals surface area contributed by atoms with Crippen LogP contribution in [0.2, 0.25) is 0 Å². The van der Waals surface area contributed by atoms with E-state index in [4.69, 9.17) is 4.74 Å². The molecule has 0 aromatic carbocycles. The van der Waals surface area contributed by atoms with Crippen molar-refractivity contribution in [2.75, 3.05) is 0 Å². The van der Waals surface area contributed by atoms with Crippen LogP contribution in [0.1, 0.15) is 53.9 Å². The molecule has 0 aromatic heterocycles. The molecule has 5 heteroatoms. The Morgan fingerprint density at radius 2 is 1.84 bits per heavy atom. The second-order valence-electron chi connectivity index (χ2n) is 9.45. The van der Waals surface area contributed by atoms with Crippen molar-refractivity contribution >= 4 is 17.5 Å². The summed E-state index contributed by atoms with van der Waals surface area (Å²) < 4.78 is 5.77. The predicted molar refractivity (Wildman–Crippen MR) is 89.4 cm³/mol. The number of esters is 1. The Hall–Kier alpha value is -1.49. The van der Waals surface area contributed by atoms with Gasteiger partial charge in [0.25, 0.3) is 0 Å². The van der Waals surface area contributed by atoms with E-state index in [0.717, 1.165) is 12.8 Å². The lowest BCUT2D eigenvalue weighted by Gasteiger charge is -2.45. The quantitative estimate of drug-likeness (QED) is 0.776. The first-order chi connectivity index (χ1) is 11.4. The van der Waals surface area contributed by atoms with E-state index in [1.54, 1.807) is 6.92 Å². The third-order valence-electron chi connectivity index (χ3n) is 7.49. The van der Waals surface area contributed by atoms with E-state index in [9.17, 15) is 19.5 Å². The zero-order valence-electron chi connectivity index (χ0n) is 15.5. The van der Waals surface area contributed by atoms with Gasteiger partial charge in [-0.3, -0.25) is 9.59 Å². The van der Waals surface area contributed by atoms with Gasteiger partial charge in [0.05, 0.1) is 5.57 Å². The Kier molecular flexibility index (Phi) is 3.13. The summed E-state index contributed by atoms with van der Waals surface area (Å²) in [6, 6.07) is 0. The second kappa shape index (κ2) is 4.61. The van der Waals surface area contributed by atoms with Gasteiger partial charge >= 0.3 is 5.97 Å². The second-order valence-corrected chi connectivity index (χ2v) is 9.45. The third-order valence-corrected chi connectivity index (χ3v) is 7.49. The van der Waals surface area contributed by atoms with Crippen LogP contribution in [0.25, 0.3) is 0 Å². The summed E-state index contributed by atoms with van der Waals surface area (Å²) in [5.41, 5.74) is -1.69. The standard InChI is InChI=1S/C20H26O5/c1-9(21)8-10-12-14-15(20(5,24)16(10)22)13-11(18(13,2)3)6-7-19(14,4)25-17(12)23/h11,13-15,24H,6-8H2,1-5H3. The fraction of sp³-hybridized carbons (Fsp3) is 0.750. The summed E-state index contributed by atoms with van der Waals surface area (Å²) in [4.78, 5) is 37.5. The van der Waals surface area contributed by atoms with E-state index in [1.165, 1.54) is 6.92 Å². The van der Waals surface area contributed by atoms with Gasteiger partial charge in [0.2, 0.25) is 0 Å². The minimum absolute atomic E-state index is 0.0467. The van der Waals surface area contributed by atoms with Gasteiger partial charge in [-0.2, -0.15) is 0 Å². The summed E-state index contributed by atoms with van der Waals surface area (Å²) in [5, 5.41) is 11.3. The van der Waals surface area contributed by atoms with E-state index in [0.29, 0.717) is 11.5 Å². The van der Waals surface area contributed by atoms with Gasteiger partial charge in [-0.15, -0.1) is 0 Å². The monoisotopic (exact) mass is 346 g/mol. The maximum absolute atomic E-state index is 13.1. The number of hydrogen-bond acceptors (Lipinski definition) is 5.